The van der Waals surface area contributed by atoms with Crippen LogP contribution in [0.2, 0.25) is 10.0 Å². The minimum absolute atomic E-state index is 0.472. The Morgan fingerprint density at radius 1 is 1.04 bits per heavy atom. The molecule has 0 aromatic heterocycles. The molecule has 2 aromatic carbocycles. The standard InChI is InChI=1S/C19H23Cl2NO2/c1-2-23-10-4-9-22-13-16-12-18(21)7-8-19(16)24-14-15-5-3-6-17(20)11-15/h3,5-8,11-12,22H,2,4,9-10,13-14H2,1H3. The minimum Gasteiger partial charge on any atom is -0.489 e. The van der Waals surface area contributed by atoms with Gasteiger partial charge >= 0.3 is 0 Å². The summed E-state index contributed by atoms with van der Waals surface area (Å²) in [6.45, 7) is 5.60. The number of ether oxygens (including phenoxy) is 2. The van der Waals surface area contributed by atoms with Crippen molar-refractivity contribution in [2.75, 3.05) is 19.8 Å². The van der Waals surface area contributed by atoms with Crippen molar-refractivity contribution in [1.29, 1.82) is 0 Å². The van der Waals surface area contributed by atoms with E-state index in [-0.39, 0.29) is 0 Å². The Bertz CT molecular complexity index is 635. The summed E-state index contributed by atoms with van der Waals surface area (Å²) in [4.78, 5) is 0. The Balaban J connectivity index is 1.89. The van der Waals surface area contributed by atoms with Crippen LogP contribution in [0.1, 0.15) is 24.5 Å². The molecule has 0 atom stereocenters. The second-order valence-electron chi connectivity index (χ2n) is 5.40. The van der Waals surface area contributed by atoms with Crippen molar-refractivity contribution in [3.05, 3.63) is 63.6 Å². The average molecular weight is 368 g/mol. The highest BCUT2D eigenvalue weighted by Crippen LogP contribution is 2.24. The van der Waals surface area contributed by atoms with E-state index in [1.54, 1.807) is 0 Å². The molecule has 0 aliphatic carbocycles. The van der Waals surface area contributed by atoms with E-state index in [2.05, 4.69) is 5.32 Å². The summed E-state index contributed by atoms with van der Waals surface area (Å²) in [6, 6.07) is 13.4. The molecule has 0 radical (unpaired) electrons. The molecule has 3 nitrogen and oxygen atoms in total. The van der Waals surface area contributed by atoms with Gasteiger partial charge in [0.15, 0.2) is 0 Å². The molecule has 0 saturated carbocycles. The van der Waals surface area contributed by atoms with Gasteiger partial charge < -0.3 is 14.8 Å². The summed E-state index contributed by atoms with van der Waals surface area (Å²) in [5.74, 6) is 0.830. The first-order valence-corrected chi connectivity index (χ1v) is 8.88. The molecule has 24 heavy (non-hydrogen) atoms. The SMILES string of the molecule is CCOCCCNCc1cc(Cl)ccc1OCc1cccc(Cl)c1. The van der Waals surface area contributed by atoms with Crippen LogP contribution in [0.15, 0.2) is 42.5 Å². The zero-order chi connectivity index (χ0) is 17.2. The minimum atomic E-state index is 0.472. The van der Waals surface area contributed by atoms with Crippen LogP contribution in [-0.2, 0) is 17.9 Å². The van der Waals surface area contributed by atoms with Crippen LogP contribution in [0.3, 0.4) is 0 Å². The van der Waals surface area contributed by atoms with Crippen molar-refractivity contribution < 1.29 is 9.47 Å². The molecule has 0 fully saturated rings. The Morgan fingerprint density at radius 2 is 1.88 bits per heavy atom. The zero-order valence-electron chi connectivity index (χ0n) is 13.9. The molecule has 0 heterocycles. The molecule has 0 bridgehead atoms. The Labute approximate surface area is 153 Å². The van der Waals surface area contributed by atoms with Crippen LogP contribution in [0.4, 0.5) is 0 Å². The molecule has 0 spiro atoms. The lowest BCUT2D eigenvalue weighted by Gasteiger charge is -2.13. The largest absolute Gasteiger partial charge is 0.489 e. The third kappa shape index (κ3) is 6.70. The second kappa shape index (κ2) is 10.6. The van der Waals surface area contributed by atoms with Crippen LogP contribution in [0.25, 0.3) is 0 Å². The monoisotopic (exact) mass is 367 g/mol. The lowest BCUT2D eigenvalue weighted by atomic mass is 10.2. The molecule has 2 rings (SSSR count). The van der Waals surface area contributed by atoms with E-state index in [0.29, 0.717) is 23.2 Å². The highest BCUT2D eigenvalue weighted by Gasteiger charge is 2.06. The predicted molar refractivity (Wildman–Crippen MR) is 100 cm³/mol. The van der Waals surface area contributed by atoms with E-state index in [0.717, 1.165) is 43.1 Å². The number of hydrogen-bond acceptors (Lipinski definition) is 3. The summed E-state index contributed by atoms with van der Waals surface area (Å²) in [5, 5.41) is 4.81. The summed E-state index contributed by atoms with van der Waals surface area (Å²) in [6.07, 6.45) is 0.979. The fraction of sp³-hybridized carbons (Fsp3) is 0.368. The van der Waals surface area contributed by atoms with Crippen molar-refractivity contribution >= 4 is 23.2 Å². The van der Waals surface area contributed by atoms with Crippen LogP contribution in [0, 0.1) is 0 Å². The maximum atomic E-state index is 6.12. The van der Waals surface area contributed by atoms with Gasteiger partial charge in [0.25, 0.3) is 0 Å². The Hall–Kier alpha value is -1.26. The fourth-order valence-corrected chi connectivity index (χ4v) is 2.69. The van der Waals surface area contributed by atoms with Gasteiger partial charge in [-0.05, 0) is 55.8 Å². The lowest BCUT2D eigenvalue weighted by Crippen LogP contribution is -2.17. The van der Waals surface area contributed by atoms with Gasteiger partial charge in [-0.1, -0.05) is 35.3 Å². The topological polar surface area (TPSA) is 30.5 Å². The van der Waals surface area contributed by atoms with Crippen LogP contribution in [-0.4, -0.2) is 19.8 Å². The van der Waals surface area contributed by atoms with E-state index < -0.39 is 0 Å². The maximum Gasteiger partial charge on any atom is 0.124 e. The lowest BCUT2D eigenvalue weighted by molar-refractivity contribution is 0.144. The number of rotatable bonds is 10. The van der Waals surface area contributed by atoms with Crippen molar-refractivity contribution in [2.45, 2.75) is 26.5 Å². The predicted octanol–water partition coefficient (Wildman–Crippen LogP) is 5.09. The van der Waals surface area contributed by atoms with Gasteiger partial charge in [-0.2, -0.15) is 0 Å². The summed E-state index contributed by atoms with van der Waals surface area (Å²) < 4.78 is 11.3. The zero-order valence-corrected chi connectivity index (χ0v) is 15.4. The van der Waals surface area contributed by atoms with E-state index in [9.17, 15) is 0 Å². The normalized spacial score (nSPS) is 10.8. The number of halogens is 2. The van der Waals surface area contributed by atoms with Gasteiger partial charge in [0.2, 0.25) is 0 Å². The highest BCUT2D eigenvalue weighted by atomic mass is 35.5. The quantitative estimate of drug-likeness (QED) is 0.593. The van der Waals surface area contributed by atoms with Crippen molar-refractivity contribution in [2.24, 2.45) is 0 Å². The highest BCUT2D eigenvalue weighted by molar-refractivity contribution is 6.30. The second-order valence-corrected chi connectivity index (χ2v) is 6.27. The van der Waals surface area contributed by atoms with E-state index in [4.69, 9.17) is 32.7 Å². The molecule has 130 valence electrons. The third-order valence-electron chi connectivity index (χ3n) is 3.47. The summed E-state index contributed by atoms with van der Waals surface area (Å²) in [7, 11) is 0. The van der Waals surface area contributed by atoms with Crippen LogP contribution in [0.5, 0.6) is 5.75 Å². The number of hydrogen-bond donors (Lipinski definition) is 1. The summed E-state index contributed by atoms with van der Waals surface area (Å²) >= 11 is 12.1. The number of nitrogens with one attached hydrogen (secondary N) is 1. The van der Waals surface area contributed by atoms with Gasteiger partial charge in [-0.25, -0.2) is 0 Å². The van der Waals surface area contributed by atoms with E-state index in [1.165, 1.54) is 0 Å². The molecular weight excluding hydrogens is 345 g/mol. The Morgan fingerprint density at radius 3 is 2.67 bits per heavy atom. The van der Waals surface area contributed by atoms with Crippen molar-refractivity contribution in [3.8, 4) is 5.75 Å². The third-order valence-corrected chi connectivity index (χ3v) is 3.94. The van der Waals surface area contributed by atoms with Gasteiger partial charge in [-0.3, -0.25) is 0 Å². The molecule has 0 aliphatic heterocycles. The first-order valence-electron chi connectivity index (χ1n) is 8.13. The van der Waals surface area contributed by atoms with Crippen molar-refractivity contribution in [1.82, 2.24) is 5.32 Å². The van der Waals surface area contributed by atoms with Gasteiger partial charge in [0, 0.05) is 35.4 Å². The number of benzene rings is 2. The molecule has 0 saturated heterocycles. The first-order chi connectivity index (χ1) is 11.7. The van der Waals surface area contributed by atoms with Crippen LogP contribution >= 0.6 is 23.2 Å². The summed E-state index contributed by atoms with van der Waals surface area (Å²) in [5.41, 5.74) is 2.08. The van der Waals surface area contributed by atoms with Crippen molar-refractivity contribution in [3.63, 3.8) is 0 Å². The molecule has 0 aliphatic rings. The van der Waals surface area contributed by atoms with Crippen LogP contribution < -0.4 is 10.1 Å². The molecule has 0 amide bonds. The van der Waals surface area contributed by atoms with Gasteiger partial charge in [0.05, 0.1) is 0 Å². The van der Waals surface area contributed by atoms with E-state index >= 15 is 0 Å². The van der Waals surface area contributed by atoms with E-state index in [1.807, 2.05) is 49.4 Å². The molecule has 1 N–H and O–H groups in total. The molecular formula is C19H23Cl2NO2. The molecule has 0 unspecified atom stereocenters. The smallest absolute Gasteiger partial charge is 0.124 e. The first kappa shape index (κ1) is 19.1. The Kier molecular flexibility index (Phi) is 8.40. The molecule has 2 aromatic rings. The average Bonchev–Trinajstić information content (AvgIpc) is 2.57. The van der Waals surface area contributed by atoms with Gasteiger partial charge in [0.1, 0.15) is 12.4 Å². The molecule has 5 heteroatoms. The fourth-order valence-electron chi connectivity index (χ4n) is 2.28. The van der Waals surface area contributed by atoms with Gasteiger partial charge in [-0.15, -0.1) is 0 Å². The maximum absolute atomic E-state index is 6.12.